The lowest BCUT2D eigenvalue weighted by Crippen LogP contribution is -2.66. The normalized spacial score (nSPS) is 52.5. The van der Waals surface area contributed by atoms with Gasteiger partial charge in [0.1, 0.15) is 73.2 Å². The summed E-state index contributed by atoms with van der Waals surface area (Å²) in [4.78, 5) is 0. The topological polar surface area (TPSA) is 269 Å². The summed E-state index contributed by atoms with van der Waals surface area (Å²) in [6.07, 6.45) is -25.1. The lowest BCUT2D eigenvalue weighted by atomic mass is 9.96. The molecule has 0 aromatic carbocycles. The smallest absolute Gasteiger partial charge is 0.187 e. The van der Waals surface area contributed by atoms with Gasteiger partial charge < -0.3 is 79.9 Å². The third-order valence-electron chi connectivity index (χ3n) is 6.09. The molecule has 3 heterocycles. The second kappa shape index (κ2) is 11.6. The maximum atomic E-state index is 10.6. The van der Waals surface area contributed by atoms with Gasteiger partial charge in [-0.2, -0.15) is 0 Å². The van der Waals surface area contributed by atoms with Crippen LogP contribution in [-0.2, 0) is 23.7 Å². The number of hydrogen-bond donors (Lipinski definition) is 11. The zero-order chi connectivity index (χ0) is 25.3. The minimum Gasteiger partial charge on any atom is -0.394 e. The minimum atomic E-state index is -1.91. The molecule has 16 heteroatoms. The summed E-state index contributed by atoms with van der Waals surface area (Å²) >= 11 is 0. The second-order valence-corrected chi connectivity index (χ2v) is 8.33. The molecule has 11 N–H and O–H groups in total. The van der Waals surface area contributed by atoms with Crippen molar-refractivity contribution >= 4 is 0 Å². The first-order valence-electron chi connectivity index (χ1n) is 10.6. The van der Waals surface area contributed by atoms with Crippen LogP contribution in [0.25, 0.3) is 0 Å². The fourth-order valence-electron chi connectivity index (χ4n) is 4.06. The predicted molar refractivity (Wildman–Crippen MR) is 101 cm³/mol. The monoisotopic (exact) mass is 504 g/mol. The van der Waals surface area contributed by atoms with Gasteiger partial charge in [-0.1, -0.05) is 0 Å². The first-order chi connectivity index (χ1) is 16.0. The van der Waals surface area contributed by atoms with Crippen LogP contribution in [0.2, 0.25) is 0 Å². The summed E-state index contributed by atoms with van der Waals surface area (Å²) < 4.78 is 26.4. The van der Waals surface area contributed by atoms with Crippen molar-refractivity contribution < 1.29 is 79.9 Å². The number of hydrogen-bond acceptors (Lipinski definition) is 16. The number of rotatable bonds is 7. The van der Waals surface area contributed by atoms with Crippen LogP contribution in [0.4, 0.5) is 0 Å². The van der Waals surface area contributed by atoms with Crippen molar-refractivity contribution in [2.45, 2.75) is 92.1 Å². The molecule has 3 fully saturated rings. The first kappa shape index (κ1) is 27.9. The Kier molecular flexibility index (Phi) is 9.54. The minimum absolute atomic E-state index is 0.741. The molecule has 3 aliphatic heterocycles. The molecule has 16 nitrogen and oxygen atoms in total. The van der Waals surface area contributed by atoms with E-state index in [0.29, 0.717) is 0 Å². The SMILES string of the molecule is OCC1OC(O[C@H]2C(CO)O[C@@H](O[C@H]3C(CO)OC(O)C(O)[C@H]3O)C(O)[C@H]2O)[C@H](O)[C@@H](O)[C@H]1O. The van der Waals surface area contributed by atoms with Crippen molar-refractivity contribution in [1.29, 1.82) is 0 Å². The number of aliphatic hydroxyl groups is 11. The molecule has 0 saturated carbocycles. The first-order valence-corrected chi connectivity index (χ1v) is 10.6. The lowest BCUT2D eigenvalue weighted by Gasteiger charge is -2.47. The second-order valence-electron chi connectivity index (χ2n) is 8.33. The highest BCUT2D eigenvalue weighted by Gasteiger charge is 2.53. The van der Waals surface area contributed by atoms with E-state index in [1.54, 1.807) is 0 Å². The van der Waals surface area contributed by atoms with Gasteiger partial charge in [-0.15, -0.1) is 0 Å². The Bertz CT molecular complexity index is 635. The fraction of sp³-hybridized carbons (Fsp3) is 1.00. The molecule has 3 saturated heterocycles. The van der Waals surface area contributed by atoms with Crippen molar-refractivity contribution in [1.82, 2.24) is 0 Å². The average molecular weight is 504 g/mol. The van der Waals surface area contributed by atoms with Crippen LogP contribution in [0.3, 0.4) is 0 Å². The molecule has 0 bridgehead atoms. The molecule has 0 amide bonds. The Hall–Kier alpha value is -0.640. The maximum absolute atomic E-state index is 10.6. The molecule has 34 heavy (non-hydrogen) atoms. The van der Waals surface area contributed by atoms with Crippen molar-refractivity contribution in [3.05, 3.63) is 0 Å². The quantitative estimate of drug-likeness (QED) is 0.154. The van der Waals surface area contributed by atoms with Crippen LogP contribution in [0.5, 0.6) is 0 Å². The molecule has 0 aromatic heterocycles. The van der Waals surface area contributed by atoms with Gasteiger partial charge in [0.2, 0.25) is 0 Å². The molecule has 0 radical (unpaired) electrons. The van der Waals surface area contributed by atoms with E-state index in [1.165, 1.54) is 0 Å². The number of aliphatic hydroxyl groups excluding tert-OH is 11. The Balaban J connectivity index is 1.72. The Labute approximate surface area is 192 Å². The average Bonchev–Trinajstić information content (AvgIpc) is 2.83. The fourth-order valence-corrected chi connectivity index (χ4v) is 4.06. The van der Waals surface area contributed by atoms with E-state index in [4.69, 9.17) is 23.7 Å². The van der Waals surface area contributed by atoms with Gasteiger partial charge in [-0.25, -0.2) is 0 Å². The molecular weight excluding hydrogens is 472 g/mol. The molecule has 200 valence electrons. The summed E-state index contributed by atoms with van der Waals surface area (Å²) in [5, 5.41) is 109. The third-order valence-corrected chi connectivity index (χ3v) is 6.09. The Morgan fingerprint density at radius 2 is 0.853 bits per heavy atom. The molecule has 0 spiro atoms. The van der Waals surface area contributed by atoms with Crippen LogP contribution < -0.4 is 0 Å². The summed E-state index contributed by atoms with van der Waals surface area (Å²) in [5.74, 6) is 0. The highest BCUT2D eigenvalue weighted by atomic mass is 16.8. The van der Waals surface area contributed by atoms with E-state index in [-0.39, 0.29) is 0 Å². The van der Waals surface area contributed by atoms with Gasteiger partial charge in [0.25, 0.3) is 0 Å². The van der Waals surface area contributed by atoms with E-state index in [2.05, 4.69) is 0 Å². The Morgan fingerprint density at radius 1 is 0.441 bits per heavy atom. The van der Waals surface area contributed by atoms with Gasteiger partial charge in [0.15, 0.2) is 18.9 Å². The van der Waals surface area contributed by atoms with E-state index >= 15 is 0 Å². The maximum Gasteiger partial charge on any atom is 0.187 e. The van der Waals surface area contributed by atoms with Crippen LogP contribution in [0, 0.1) is 0 Å². The van der Waals surface area contributed by atoms with Gasteiger partial charge in [-0.3, -0.25) is 0 Å². The highest BCUT2D eigenvalue weighted by molar-refractivity contribution is 4.96. The Morgan fingerprint density at radius 3 is 1.35 bits per heavy atom. The summed E-state index contributed by atoms with van der Waals surface area (Å²) in [5.41, 5.74) is 0. The molecule has 3 rings (SSSR count). The van der Waals surface area contributed by atoms with Gasteiger partial charge >= 0.3 is 0 Å². The van der Waals surface area contributed by atoms with Gasteiger partial charge in [0.05, 0.1) is 19.8 Å². The highest BCUT2D eigenvalue weighted by Crippen LogP contribution is 2.32. The third kappa shape index (κ3) is 5.37. The lowest BCUT2D eigenvalue weighted by molar-refractivity contribution is -0.377. The van der Waals surface area contributed by atoms with E-state index in [9.17, 15) is 56.2 Å². The largest absolute Gasteiger partial charge is 0.394 e. The van der Waals surface area contributed by atoms with Gasteiger partial charge in [-0.05, 0) is 0 Å². The van der Waals surface area contributed by atoms with Crippen LogP contribution in [-0.4, -0.2) is 168 Å². The van der Waals surface area contributed by atoms with Crippen molar-refractivity contribution in [2.75, 3.05) is 19.8 Å². The van der Waals surface area contributed by atoms with Crippen LogP contribution >= 0.6 is 0 Å². The molecule has 0 aliphatic carbocycles. The van der Waals surface area contributed by atoms with Crippen molar-refractivity contribution in [3.63, 3.8) is 0 Å². The summed E-state index contributed by atoms with van der Waals surface area (Å²) in [6.45, 7) is -2.32. The standard InChI is InChI=1S/C18H32O16/c19-1-4-7(22)8(23)12(27)17(31-4)34-15-6(3-21)32-18(13(28)10(15)25)33-14-5(2-20)30-16(29)11(26)9(14)24/h4-29H,1-3H2/t4?,5?,6?,7-,8-,9+,10+,11?,12+,13?,14-,15-,16?,17?,18-/m0/s1. The van der Waals surface area contributed by atoms with E-state index in [0.717, 1.165) is 0 Å². The van der Waals surface area contributed by atoms with E-state index < -0.39 is 112 Å². The number of ether oxygens (including phenoxy) is 5. The molecule has 7 unspecified atom stereocenters. The summed E-state index contributed by atoms with van der Waals surface area (Å²) in [6, 6.07) is 0. The van der Waals surface area contributed by atoms with Crippen LogP contribution in [0.15, 0.2) is 0 Å². The van der Waals surface area contributed by atoms with Crippen molar-refractivity contribution in [2.24, 2.45) is 0 Å². The summed E-state index contributed by atoms with van der Waals surface area (Å²) in [7, 11) is 0. The van der Waals surface area contributed by atoms with Crippen molar-refractivity contribution in [3.8, 4) is 0 Å². The molecular formula is C18H32O16. The molecule has 0 aromatic rings. The molecule has 3 aliphatic rings. The van der Waals surface area contributed by atoms with Gasteiger partial charge in [0, 0.05) is 0 Å². The molecule has 15 atom stereocenters. The van der Waals surface area contributed by atoms with Crippen LogP contribution in [0.1, 0.15) is 0 Å². The zero-order valence-electron chi connectivity index (χ0n) is 17.7. The zero-order valence-corrected chi connectivity index (χ0v) is 17.7. The van der Waals surface area contributed by atoms with E-state index in [1.807, 2.05) is 0 Å². The predicted octanol–water partition coefficient (Wildman–Crippen LogP) is -7.57.